The van der Waals surface area contributed by atoms with Gasteiger partial charge in [0.15, 0.2) is 0 Å². The molecule has 2 fully saturated rings. The molecular weight excluding hydrogens is 463 g/mol. The lowest BCUT2D eigenvalue weighted by Crippen LogP contribution is -2.52. The minimum atomic E-state index is -0.657. The Labute approximate surface area is 207 Å². The first-order valence-corrected chi connectivity index (χ1v) is 12.1. The van der Waals surface area contributed by atoms with E-state index < -0.39 is 17.8 Å². The highest BCUT2D eigenvalue weighted by Gasteiger charge is 2.39. The Balaban J connectivity index is 1.21. The second kappa shape index (κ2) is 9.90. The third kappa shape index (κ3) is 4.85. The molecule has 9 heteroatoms. The van der Waals surface area contributed by atoms with E-state index in [4.69, 9.17) is 0 Å². The second-order valence-corrected chi connectivity index (χ2v) is 9.30. The SMILES string of the molecule is O=C1CCC(N2Cc3c(C#CC4CCN(C(=O)Cc5ccc(F)cn5)CC4)cccc3C2=O)C(=O)N1. The van der Waals surface area contributed by atoms with Crippen molar-refractivity contribution in [1.82, 2.24) is 20.1 Å². The first kappa shape index (κ1) is 23.7. The molecule has 0 saturated carbocycles. The summed E-state index contributed by atoms with van der Waals surface area (Å²) in [4.78, 5) is 56.6. The number of hydrogen-bond acceptors (Lipinski definition) is 5. The molecule has 1 aromatic carbocycles. The van der Waals surface area contributed by atoms with Crippen LogP contribution in [0, 0.1) is 23.6 Å². The number of fused-ring (bicyclic) bond motifs is 1. The number of likely N-dealkylation sites (tertiary alicyclic amines) is 1. The van der Waals surface area contributed by atoms with Crippen LogP contribution in [0.1, 0.15) is 52.9 Å². The molecule has 184 valence electrons. The third-order valence-corrected chi connectivity index (χ3v) is 6.96. The number of nitrogens with zero attached hydrogens (tertiary/aromatic N) is 3. The number of piperidine rings is 2. The molecule has 3 aliphatic rings. The number of halogens is 1. The molecule has 36 heavy (non-hydrogen) atoms. The van der Waals surface area contributed by atoms with Gasteiger partial charge in [0.2, 0.25) is 17.7 Å². The van der Waals surface area contributed by atoms with Crippen LogP contribution in [0.25, 0.3) is 0 Å². The minimum absolute atomic E-state index is 0.0338. The zero-order valence-electron chi connectivity index (χ0n) is 19.6. The van der Waals surface area contributed by atoms with Crippen molar-refractivity contribution in [2.75, 3.05) is 13.1 Å². The molecule has 0 aliphatic carbocycles. The summed E-state index contributed by atoms with van der Waals surface area (Å²) in [6.45, 7) is 1.47. The molecule has 0 radical (unpaired) electrons. The van der Waals surface area contributed by atoms with Gasteiger partial charge in [-0.15, -0.1) is 0 Å². The van der Waals surface area contributed by atoms with Crippen LogP contribution < -0.4 is 5.32 Å². The van der Waals surface area contributed by atoms with E-state index in [0.29, 0.717) is 30.8 Å². The van der Waals surface area contributed by atoms with Crippen LogP contribution in [-0.4, -0.2) is 57.5 Å². The molecular formula is C27H25FN4O4. The van der Waals surface area contributed by atoms with Crippen molar-refractivity contribution in [2.24, 2.45) is 5.92 Å². The molecule has 2 saturated heterocycles. The normalized spacial score (nSPS) is 20.0. The highest BCUT2D eigenvalue weighted by atomic mass is 19.1. The monoisotopic (exact) mass is 488 g/mol. The van der Waals surface area contributed by atoms with Crippen molar-refractivity contribution >= 4 is 23.6 Å². The lowest BCUT2D eigenvalue weighted by molar-refractivity contribution is -0.137. The van der Waals surface area contributed by atoms with Gasteiger partial charge in [-0.3, -0.25) is 29.5 Å². The maximum Gasteiger partial charge on any atom is 0.255 e. The molecule has 5 rings (SSSR count). The quantitative estimate of drug-likeness (QED) is 0.525. The standard InChI is InChI=1S/C27H25FN4O4/c28-19-6-7-20(29-15-19)14-25(34)31-12-10-17(11-13-31)4-5-18-2-1-3-21-22(18)16-32(27(21)36)23-8-9-24(33)30-26(23)35/h1-3,6-7,15,17,23H,8-14,16H2,(H,30,33,35). The first-order chi connectivity index (χ1) is 17.4. The zero-order valence-corrected chi connectivity index (χ0v) is 19.6. The summed E-state index contributed by atoms with van der Waals surface area (Å²) in [5, 5.41) is 2.32. The van der Waals surface area contributed by atoms with E-state index in [0.717, 1.165) is 30.2 Å². The van der Waals surface area contributed by atoms with Gasteiger partial charge < -0.3 is 9.80 Å². The van der Waals surface area contributed by atoms with Crippen molar-refractivity contribution in [3.05, 3.63) is 64.7 Å². The van der Waals surface area contributed by atoms with Crippen molar-refractivity contribution in [3.63, 3.8) is 0 Å². The highest BCUT2D eigenvalue weighted by Crippen LogP contribution is 2.29. The molecule has 3 aliphatic heterocycles. The molecule has 2 aromatic rings. The predicted molar refractivity (Wildman–Crippen MR) is 127 cm³/mol. The molecule has 1 unspecified atom stereocenters. The van der Waals surface area contributed by atoms with Crippen LogP contribution in [0.4, 0.5) is 4.39 Å². The number of benzene rings is 1. The number of amides is 4. The van der Waals surface area contributed by atoms with Gasteiger partial charge in [0.25, 0.3) is 5.91 Å². The Morgan fingerprint density at radius 2 is 1.92 bits per heavy atom. The van der Waals surface area contributed by atoms with Gasteiger partial charge >= 0.3 is 0 Å². The van der Waals surface area contributed by atoms with Crippen molar-refractivity contribution in [3.8, 4) is 11.8 Å². The van der Waals surface area contributed by atoms with E-state index >= 15 is 0 Å². The molecule has 0 spiro atoms. The summed E-state index contributed by atoms with van der Waals surface area (Å²) in [5.41, 5.74) is 2.65. The van der Waals surface area contributed by atoms with E-state index in [9.17, 15) is 23.6 Å². The Hall–Kier alpha value is -4.06. The van der Waals surface area contributed by atoms with Crippen LogP contribution in [-0.2, 0) is 27.3 Å². The van der Waals surface area contributed by atoms with Gasteiger partial charge in [-0.05, 0) is 49.1 Å². The lowest BCUT2D eigenvalue weighted by atomic mass is 9.96. The molecule has 1 N–H and O–H groups in total. The summed E-state index contributed by atoms with van der Waals surface area (Å²) < 4.78 is 13.0. The summed E-state index contributed by atoms with van der Waals surface area (Å²) in [6.07, 6.45) is 3.27. The average molecular weight is 489 g/mol. The summed E-state index contributed by atoms with van der Waals surface area (Å²) in [6, 6.07) is 7.58. The van der Waals surface area contributed by atoms with Gasteiger partial charge in [0.05, 0.1) is 12.6 Å². The number of aromatic nitrogens is 1. The molecule has 4 amide bonds. The minimum Gasteiger partial charge on any atom is -0.342 e. The number of imide groups is 1. The maximum atomic E-state index is 13.0. The van der Waals surface area contributed by atoms with Crippen LogP contribution >= 0.6 is 0 Å². The fourth-order valence-electron chi connectivity index (χ4n) is 4.93. The summed E-state index contributed by atoms with van der Waals surface area (Å²) in [5.74, 6) is 5.24. The second-order valence-electron chi connectivity index (χ2n) is 9.30. The van der Waals surface area contributed by atoms with E-state index in [1.807, 2.05) is 6.07 Å². The van der Waals surface area contributed by atoms with Gasteiger partial charge in [0.1, 0.15) is 11.9 Å². The third-order valence-electron chi connectivity index (χ3n) is 6.96. The van der Waals surface area contributed by atoms with Crippen LogP contribution in [0.5, 0.6) is 0 Å². The lowest BCUT2D eigenvalue weighted by Gasteiger charge is -2.30. The first-order valence-electron chi connectivity index (χ1n) is 12.1. The molecule has 1 atom stereocenters. The van der Waals surface area contributed by atoms with Gasteiger partial charge in [-0.2, -0.15) is 0 Å². The highest BCUT2D eigenvalue weighted by molar-refractivity contribution is 6.05. The van der Waals surface area contributed by atoms with Crippen molar-refractivity contribution < 1.29 is 23.6 Å². The largest absolute Gasteiger partial charge is 0.342 e. The van der Waals surface area contributed by atoms with E-state index in [1.165, 1.54) is 17.0 Å². The predicted octanol–water partition coefficient (Wildman–Crippen LogP) is 1.81. The van der Waals surface area contributed by atoms with Gasteiger partial charge in [0, 0.05) is 48.8 Å². The molecule has 1 aromatic heterocycles. The number of nitrogens with one attached hydrogen (secondary N) is 1. The van der Waals surface area contributed by atoms with Crippen LogP contribution in [0.15, 0.2) is 36.5 Å². The molecule has 8 nitrogen and oxygen atoms in total. The number of pyridine rings is 1. The number of carbonyl (C=O) groups excluding carboxylic acids is 4. The topological polar surface area (TPSA) is 99.7 Å². The number of carbonyl (C=O) groups is 4. The Bertz CT molecular complexity index is 1290. The van der Waals surface area contributed by atoms with E-state index in [1.54, 1.807) is 17.0 Å². The summed E-state index contributed by atoms with van der Waals surface area (Å²) in [7, 11) is 0. The number of rotatable bonds is 3. The Morgan fingerprint density at radius 1 is 1.11 bits per heavy atom. The maximum absolute atomic E-state index is 13.0. The van der Waals surface area contributed by atoms with Gasteiger partial charge in [-0.25, -0.2) is 4.39 Å². The van der Waals surface area contributed by atoms with Crippen molar-refractivity contribution in [1.29, 1.82) is 0 Å². The molecule has 4 heterocycles. The van der Waals surface area contributed by atoms with E-state index in [-0.39, 0.29) is 43.0 Å². The van der Waals surface area contributed by atoms with Crippen molar-refractivity contribution in [2.45, 2.75) is 44.7 Å². The van der Waals surface area contributed by atoms with E-state index in [2.05, 4.69) is 22.1 Å². The fraction of sp³-hybridized carbons (Fsp3) is 0.370. The van der Waals surface area contributed by atoms with Crippen LogP contribution in [0.3, 0.4) is 0 Å². The number of hydrogen-bond donors (Lipinski definition) is 1. The Morgan fingerprint density at radius 3 is 2.64 bits per heavy atom. The van der Waals surface area contributed by atoms with Crippen LogP contribution in [0.2, 0.25) is 0 Å². The smallest absolute Gasteiger partial charge is 0.255 e. The molecule has 0 bridgehead atoms. The zero-order chi connectivity index (χ0) is 25.2. The average Bonchev–Trinajstić information content (AvgIpc) is 3.21. The van der Waals surface area contributed by atoms with Gasteiger partial charge in [-0.1, -0.05) is 17.9 Å². The summed E-state index contributed by atoms with van der Waals surface area (Å²) >= 11 is 0. The Kier molecular flexibility index (Phi) is 6.51. The fourth-order valence-corrected chi connectivity index (χ4v) is 4.93.